The molecule has 3 rings (SSSR count). The largest absolute Gasteiger partial charge is 0.476 e. The first-order valence-electron chi connectivity index (χ1n) is 7.44. The van der Waals surface area contributed by atoms with Crippen LogP contribution >= 0.6 is 0 Å². The van der Waals surface area contributed by atoms with Gasteiger partial charge in [0.2, 0.25) is 0 Å². The molecule has 0 radical (unpaired) electrons. The first-order chi connectivity index (χ1) is 11.2. The number of aromatic carboxylic acids is 1. The number of carbonyl (C=O) groups is 1. The van der Waals surface area contributed by atoms with Gasteiger partial charge in [0.15, 0.2) is 5.69 Å². The Labute approximate surface area is 134 Å². The molecule has 1 heterocycles. The molecule has 1 aromatic heterocycles. The molecule has 2 aromatic carbocycles. The van der Waals surface area contributed by atoms with Crippen molar-refractivity contribution in [2.45, 2.75) is 19.8 Å². The lowest BCUT2D eigenvalue weighted by Crippen LogP contribution is -2.09. The quantitative estimate of drug-likeness (QED) is 0.786. The number of aromatic nitrogens is 3. The molecule has 1 N–H and O–H groups in total. The fraction of sp³-hybridized carbons (Fsp3) is 0.167. The molecule has 0 bridgehead atoms. The zero-order valence-electron chi connectivity index (χ0n) is 12.8. The molecule has 0 saturated carbocycles. The van der Waals surface area contributed by atoms with Crippen LogP contribution < -0.4 is 0 Å². The van der Waals surface area contributed by atoms with Crippen LogP contribution in [-0.4, -0.2) is 26.1 Å². The van der Waals surface area contributed by atoms with Gasteiger partial charge >= 0.3 is 5.97 Å². The van der Waals surface area contributed by atoms with Crippen LogP contribution in [0.3, 0.4) is 0 Å². The third-order valence-electron chi connectivity index (χ3n) is 3.80. The van der Waals surface area contributed by atoms with Crippen LogP contribution in [0, 0.1) is 6.92 Å². The summed E-state index contributed by atoms with van der Waals surface area (Å²) in [6.45, 7) is 1.97. The van der Waals surface area contributed by atoms with Crippen molar-refractivity contribution in [2.24, 2.45) is 0 Å². The second-order valence-electron chi connectivity index (χ2n) is 5.37. The minimum Gasteiger partial charge on any atom is -0.476 e. The van der Waals surface area contributed by atoms with E-state index in [1.807, 2.05) is 61.5 Å². The summed E-state index contributed by atoms with van der Waals surface area (Å²) in [5, 5.41) is 17.3. The Morgan fingerprint density at radius 2 is 1.74 bits per heavy atom. The molecule has 0 saturated heterocycles. The van der Waals surface area contributed by atoms with E-state index in [-0.39, 0.29) is 5.69 Å². The molecule has 0 aliphatic heterocycles. The van der Waals surface area contributed by atoms with E-state index >= 15 is 0 Å². The van der Waals surface area contributed by atoms with Crippen LogP contribution in [0.25, 0.3) is 5.69 Å². The van der Waals surface area contributed by atoms with Gasteiger partial charge in [0.25, 0.3) is 0 Å². The van der Waals surface area contributed by atoms with Crippen molar-refractivity contribution in [1.29, 1.82) is 0 Å². The van der Waals surface area contributed by atoms with Crippen molar-refractivity contribution >= 4 is 5.97 Å². The van der Waals surface area contributed by atoms with Gasteiger partial charge in [-0.2, -0.15) is 0 Å². The smallest absolute Gasteiger partial charge is 0.358 e. The molecule has 116 valence electrons. The molecular formula is C18H17N3O2. The molecule has 0 amide bonds. The number of carboxylic acid groups (broad SMARTS) is 1. The van der Waals surface area contributed by atoms with Gasteiger partial charge in [-0.1, -0.05) is 53.7 Å². The van der Waals surface area contributed by atoms with E-state index in [2.05, 4.69) is 10.3 Å². The van der Waals surface area contributed by atoms with E-state index in [0.717, 1.165) is 23.2 Å². The Kier molecular flexibility index (Phi) is 4.19. The Morgan fingerprint density at radius 3 is 2.43 bits per heavy atom. The van der Waals surface area contributed by atoms with Gasteiger partial charge in [0.05, 0.1) is 11.4 Å². The maximum atomic E-state index is 11.4. The van der Waals surface area contributed by atoms with E-state index in [0.29, 0.717) is 12.1 Å². The van der Waals surface area contributed by atoms with Gasteiger partial charge < -0.3 is 5.11 Å². The molecule has 23 heavy (non-hydrogen) atoms. The van der Waals surface area contributed by atoms with Crippen molar-refractivity contribution < 1.29 is 9.90 Å². The van der Waals surface area contributed by atoms with Crippen LogP contribution in [0.5, 0.6) is 0 Å². The third kappa shape index (κ3) is 3.13. The maximum absolute atomic E-state index is 11.4. The predicted molar refractivity (Wildman–Crippen MR) is 86.9 cm³/mol. The Balaban J connectivity index is 1.98. The Hall–Kier alpha value is -2.95. The van der Waals surface area contributed by atoms with Crippen molar-refractivity contribution in [3.05, 3.63) is 77.1 Å². The van der Waals surface area contributed by atoms with Crippen molar-refractivity contribution in [3.8, 4) is 5.69 Å². The summed E-state index contributed by atoms with van der Waals surface area (Å²) in [4.78, 5) is 11.4. The number of hydrogen-bond acceptors (Lipinski definition) is 3. The maximum Gasteiger partial charge on any atom is 0.358 e. The molecule has 0 aliphatic rings. The number of aryl methyl sites for hydroxylation is 2. The second kappa shape index (κ2) is 6.44. The van der Waals surface area contributed by atoms with Gasteiger partial charge in [-0.3, -0.25) is 0 Å². The van der Waals surface area contributed by atoms with Crippen molar-refractivity contribution in [1.82, 2.24) is 15.0 Å². The van der Waals surface area contributed by atoms with E-state index in [1.165, 1.54) is 0 Å². The first-order valence-corrected chi connectivity index (χ1v) is 7.44. The summed E-state index contributed by atoms with van der Waals surface area (Å²) in [6.07, 6.45) is 1.30. The normalized spacial score (nSPS) is 10.7. The molecule has 3 aromatic rings. The zero-order chi connectivity index (χ0) is 16.2. The van der Waals surface area contributed by atoms with Crippen LogP contribution in [0.4, 0.5) is 0 Å². The standard InChI is InChI=1S/C18H17N3O2/c1-13-7-5-6-10-15(13)21-16(17(18(22)23)19-20-21)12-11-14-8-3-2-4-9-14/h2-10H,11-12H2,1H3,(H,22,23). The van der Waals surface area contributed by atoms with Gasteiger partial charge in [-0.05, 0) is 37.0 Å². The lowest BCUT2D eigenvalue weighted by molar-refractivity contribution is 0.0689. The van der Waals surface area contributed by atoms with Gasteiger partial charge in [0.1, 0.15) is 0 Å². The van der Waals surface area contributed by atoms with Gasteiger partial charge in [-0.25, -0.2) is 9.48 Å². The number of para-hydroxylation sites is 1. The average Bonchev–Trinajstić information content (AvgIpc) is 2.98. The summed E-state index contributed by atoms with van der Waals surface area (Å²) < 4.78 is 1.64. The summed E-state index contributed by atoms with van der Waals surface area (Å²) >= 11 is 0. The van der Waals surface area contributed by atoms with Crippen molar-refractivity contribution in [2.75, 3.05) is 0 Å². The zero-order valence-corrected chi connectivity index (χ0v) is 12.8. The van der Waals surface area contributed by atoms with E-state index < -0.39 is 5.97 Å². The summed E-state index contributed by atoms with van der Waals surface area (Å²) in [5.74, 6) is -1.05. The monoisotopic (exact) mass is 307 g/mol. The highest BCUT2D eigenvalue weighted by Crippen LogP contribution is 2.18. The number of hydrogen-bond donors (Lipinski definition) is 1. The third-order valence-corrected chi connectivity index (χ3v) is 3.80. The lowest BCUT2D eigenvalue weighted by atomic mass is 10.1. The minimum atomic E-state index is -1.05. The fourth-order valence-electron chi connectivity index (χ4n) is 2.59. The molecular weight excluding hydrogens is 290 g/mol. The van der Waals surface area contributed by atoms with Gasteiger partial charge in [0, 0.05) is 0 Å². The van der Waals surface area contributed by atoms with E-state index in [4.69, 9.17) is 0 Å². The van der Waals surface area contributed by atoms with Crippen molar-refractivity contribution in [3.63, 3.8) is 0 Å². The van der Waals surface area contributed by atoms with Crippen LogP contribution in [0.2, 0.25) is 0 Å². The number of nitrogens with zero attached hydrogens (tertiary/aromatic N) is 3. The molecule has 0 spiro atoms. The topological polar surface area (TPSA) is 68.0 Å². The highest BCUT2D eigenvalue weighted by atomic mass is 16.4. The highest BCUT2D eigenvalue weighted by Gasteiger charge is 2.20. The lowest BCUT2D eigenvalue weighted by Gasteiger charge is -2.09. The molecule has 5 nitrogen and oxygen atoms in total. The summed E-state index contributed by atoms with van der Waals surface area (Å²) in [5.41, 5.74) is 3.67. The average molecular weight is 307 g/mol. The summed E-state index contributed by atoms with van der Waals surface area (Å²) in [7, 11) is 0. The minimum absolute atomic E-state index is 0.0178. The molecule has 0 unspecified atom stereocenters. The van der Waals surface area contributed by atoms with E-state index in [1.54, 1.807) is 4.68 Å². The molecule has 0 atom stereocenters. The Bertz CT molecular complexity index is 825. The second-order valence-corrected chi connectivity index (χ2v) is 5.37. The van der Waals surface area contributed by atoms with E-state index in [9.17, 15) is 9.90 Å². The number of benzene rings is 2. The molecule has 0 fully saturated rings. The van der Waals surface area contributed by atoms with Crippen LogP contribution in [0.1, 0.15) is 27.3 Å². The SMILES string of the molecule is Cc1ccccc1-n1nnc(C(=O)O)c1CCc1ccccc1. The molecule has 0 aliphatic carbocycles. The number of carboxylic acids is 1. The predicted octanol–water partition coefficient (Wildman–Crippen LogP) is 3.06. The molecule has 5 heteroatoms. The van der Waals surface area contributed by atoms with Gasteiger partial charge in [-0.15, -0.1) is 5.10 Å². The Morgan fingerprint density at radius 1 is 1.04 bits per heavy atom. The fourth-order valence-corrected chi connectivity index (χ4v) is 2.59. The highest BCUT2D eigenvalue weighted by molar-refractivity contribution is 5.86. The summed E-state index contributed by atoms with van der Waals surface area (Å²) in [6, 6.07) is 17.7. The first kappa shape index (κ1) is 15.0. The van der Waals surface area contributed by atoms with Crippen LogP contribution in [-0.2, 0) is 12.8 Å². The number of rotatable bonds is 5. The van der Waals surface area contributed by atoms with Crippen LogP contribution in [0.15, 0.2) is 54.6 Å².